The van der Waals surface area contributed by atoms with E-state index in [4.69, 9.17) is 40.1 Å². The molecule has 19 nitrogen and oxygen atoms in total. The summed E-state index contributed by atoms with van der Waals surface area (Å²) in [6.45, 7) is 1.27. The number of aliphatic imine (C=N–C) groups is 2. The molecule has 5 atom stereocenters. The summed E-state index contributed by atoms with van der Waals surface area (Å²) in [5, 5.41) is 17.3. The highest BCUT2D eigenvalue weighted by molar-refractivity contribution is 5.94. The highest BCUT2D eigenvalue weighted by Gasteiger charge is 2.37. The van der Waals surface area contributed by atoms with Crippen molar-refractivity contribution in [2.75, 3.05) is 32.7 Å². The number of carbonyl (C=O) groups excluding carboxylic acids is 4. The molecular weight excluding hydrogens is 602 g/mol. The predicted octanol–water partition coefficient (Wildman–Crippen LogP) is -4.57. The van der Waals surface area contributed by atoms with E-state index in [9.17, 15) is 29.1 Å². The van der Waals surface area contributed by atoms with E-state index in [1.165, 1.54) is 4.90 Å². The number of aliphatic carboxylic acids is 1. The van der Waals surface area contributed by atoms with E-state index < -0.39 is 53.9 Å². The number of carboxylic acid groups (broad SMARTS) is 1. The lowest BCUT2D eigenvalue weighted by atomic mass is 10.1. The van der Waals surface area contributed by atoms with Crippen molar-refractivity contribution in [3.8, 4) is 0 Å². The summed E-state index contributed by atoms with van der Waals surface area (Å²) in [5.41, 5.74) is 38.8. The van der Waals surface area contributed by atoms with Gasteiger partial charge >= 0.3 is 5.97 Å². The zero-order valence-corrected chi connectivity index (χ0v) is 26.4. The van der Waals surface area contributed by atoms with Gasteiger partial charge in [-0.25, -0.2) is 4.79 Å². The number of carboxylic acids is 1. The second kappa shape index (κ2) is 21.5. The molecule has 1 aliphatic rings. The van der Waals surface area contributed by atoms with Crippen LogP contribution in [0, 0.1) is 0 Å². The Morgan fingerprint density at radius 1 is 0.783 bits per heavy atom. The first-order valence-electron chi connectivity index (χ1n) is 15.5. The van der Waals surface area contributed by atoms with Gasteiger partial charge in [0.2, 0.25) is 23.6 Å². The fraction of sp³-hybridized carbons (Fsp3) is 0.741. The van der Waals surface area contributed by atoms with Crippen LogP contribution in [0.2, 0.25) is 0 Å². The minimum atomic E-state index is -1.25. The van der Waals surface area contributed by atoms with Gasteiger partial charge in [-0.3, -0.25) is 29.2 Å². The number of guanidine groups is 2. The van der Waals surface area contributed by atoms with Crippen molar-refractivity contribution in [1.82, 2.24) is 20.9 Å². The first-order chi connectivity index (χ1) is 21.8. The minimum absolute atomic E-state index is 0.0140. The lowest BCUT2D eigenvalue weighted by molar-refractivity contribution is -0.143. The number of amides is 4. The number of hydrogen-bond donors (Lipinski definition) is 11. The number of nitrogens with two attached hydrogens (primary N) is 7. The number of likely N-dealkylation sites (tertiary alicyclic amines) is 1. The fourth-order valence-electron chi connectivity index (χ4n) is 4.86. The van der Waals surface area contributed by atoms with Crippen molar-refractivity contribution in [3.63, 3.8) is 0 Å². The maximum absolute atomic E-state index is 13.2. The SMILES string of the molecule is NCC[C@H](NC(=O)[C@@H]1CCCN1C(=O)[C@@H](N)CCCNC(=O)C(N)CCCCN=C(N)N)C(=O)N[C@@H](CCCN=C(N)N)C(=O)O. The van der Waals surface area contributed by atoms with Gasteiger partial charge < -0.3 is 66.1 Å². The molecule has 0 aromatic carbocycles. The average molecular weight is 656 g/mol. The van der Waals surface area contributed by atoms with Crippen LogP contribution >= 0.6 is 0 Å². The minimum Gasteiger partial charge on any atom is -0.480 e. The van der Waals surface area contributed by atoms with Gasteiger partial charge in [0.25, 0.3) is 0 Å². The molecule has 0 saturated carbocycles. The molecule has 0 bridgehead atoms. The zero-order valence-electron chi connectivity index (χ0n) is 26.4. The summed E-state index contributed by atoms with van der Waals surface area (Å²) < 4.78 is 0. The van der Waals surface area contributed by atoms with Crippen LogP contribution in [0.5, 0.6) is 0 Å². The van der Waals surface area contributed by atoms with Crippen LogP contribution in [-0.4, -0.2) is 114 Å². The third-order valence-corrected chi connectivity index (χ3v) is 7.35. The summed E-state index contributed by atoms with van der Waals surface area (Å²) in [7, 11) is 0. The highest BCUT2D eigenvalue weighted by atomic mass is 16.4. The van der Waals surface area contributed by atoms with Gasteiger partial charge in [0.15, 0.2) is 11.9 Å². The molecule has 1 unspecified atom stereocenters. The summed E-state index contributed by atoms with van der Waals surface area (Å²) in [5.74, 6) is -3.38. The molecular formula is C27H53N13O6. The third-order valence-electron chi connectivity index (χ3n) is 7.35. The Balaban J connectivity index is 2.60. The Morgan fingerprint density at radius 2 is 1.41 bits per heavy atom. The second-order valence-corrected chi connectivity index (χ2v) is 11.1. The van der Waals surface area contributed by atoms with Crippen molar-refractivity contribution in [3.05, 3.63) is 0 Å². The molecule has 4 amide bonds. The van der Waals surface area contributed by atoms with Gasteiger partial charge in [-0.1, -0.05) is 0 Å². The number of nitrogens with zero attached hydrogens (tertiary/aromatic N) is 3. The van der Waals surface area contributed by atoms with Gasteiger partial charge in [-0.15, -0.1) is 0 Å². The van der Waals surface area contributed by atoms with E-state index in [0.717, 1.165) is 0 Å². The molecule has 0 aliphatic carbocycles. The largest absolute Gasteiger partial charge is 0.480 e. The standard InChI is InChI=1S/C27H53N13O6/c28-11-10-18(22(42)39-19(25(45)46)8-4-14-37-27(33)34)38-23(43)20-9-5-15-40(20)24(44)17(30)7-3-13-35-21(41)16(29)6-1-2-12-36-26(31)32/h16-20H,1-15,28-30H2,(H,35,41)(H,38,43)(H,39,42)(H,45,46)(H4,31,32,36)(H4,33,34,37)/t16?,17-,18-,19-,20-/m0/s1. The predicted molar refractivity (Wildman–Crippen MR) is 173 cm³/mol. The molecule has 18 N–H and O–H groups in total. The molecule has 46 heavy (non-hydrogen) atoms. The number of hydrogen-bond acceptors (Lipinski definition) is 10. The number of rotatable bonds is 22. The van der Waals surface area contributed by atoms with Crippen LogP contribution in [-0.2, 0) is 24.0 Å². The molecule has 1 rings (SSSR count). The van der Waals surface area contributed by atoms with Gasteiger partial charge in [-0.2, -0.15) is 0 Å². The molecule has 19 heteroatoms. The van der Waals surface area contributed by atoms with E-state index in [2.05, 4.69) is 25.9 Å². The normalized spacial score (nSPS) is 16.8. The van der Waals surface area contributed by atoms with E-state index >= 15 is 0 Å². The monoisotopic (exact) mass is 655 g/mol. The lowest BCUT2D eigenvalue weighted by Crippen LogP contribution is -2.57. The number of carbonyl (C=O) groups is 5. The maximum atomic E-state index is 13.2. The topological polar surface area (TPSA) is 352 Å². The van der Waals surface area contributed by atoms with Crippen molar-refractivity contribution < 1.29 is 29.1 Å². The Hall–Kier alpha value is -4.23. The zero-order chi connectivity index (χ0) is 34.6. The highest BCUT2D eigenvalue weighted by Crippen LogP contribution is 2.19. The molecule has 262 valence electrons. The molecule has 0 aromatic rings. The number of nitrogens with one attached hydrogen (secondary N) is 3. The summed E-state index contributed by atoms with van der Waals surface area (Å²) in [6, 6.07) is -4.80. The quantitative estimate of drug-likeness (QED) is 0.0297. The molecule has 1 saturated heterocycles. The average Bonchev–Trinajstić information content (AvgIpc) is 3.49. The van der Waals surface area contributed by atoms with E-state index in [1.807, 2.05) is 0 Å². The van der Waals surface area contributed by atoms with Crippen LogP contribution in [0.4, 0.5) is 0 Å². The van der Waals surface area contributed by atoms with Crippen molar-refractivity contribution in [1.29, 1.82) is 0 Å². The molecule has 1 fully saturated rings. The van der Waals surface area contributed by atoms with Crippen molar-refractivity contribution >= 4 is 41.5 Å². The van der Waals surface area contributed by atoms with Crippen molar-refractivity contribution in [2.45, 2.75) is 94.4 Å². The van der Waals surface area contributed by atoms with Gasteiger partial charge in [0.05, 0.1) is 12.1 Å². The lowest BCUT2D eigenvalue weighted by Gasteiger charge is -2.28. The summed E-state index contributed by atoms with van der Waals surface area (Å²) in [4.78, 5) is 72.3. The molecule has 0 spiro atoms. The summed E-state index contributed by atoms with van der Waals surface area (Å²) in [6.07, 6.45) is 3.84. The fourth-order valence-corrected chi connectivity index (χ4v) is 4.86. The third kappa shape index (κ3) is 15.2. The van der Waals surface area contributed by atoms with Gasteiger partial charge in [0, 0.05) is 26.2 Å². The maximum Gasteiger partial charge on any atom is 0.326 e. The molecule has 0 aromatic heterocycles. The van der Waals surface area contributed by atoms with Crippen LogP contribution in [0.3, 0.4) is 0 Å². The Morgan fingerprint density at radius 3 is 2.02 bits per heavy atom. The van der Waals surface area contributed by atoms with Crippen LogP contribution in [0.25, 0.3) is 0 Å². The molecule has 1 aliphatic heterocycles. The van der Waals surface area contributed by atoms with Crippen LogP contribution in [0.1, 0.15) is 64.2 Å². The van der Waals surface area contributed by atoms with E-state index in [0.29, 0.717) is 58.0 Å². The Bertz CT molecular complexity index is 1060. The van der Waals surface area contributed by atoms with E-state index in [1.54, 1.807) is 0 Å². The summed E-state index contributed by atoms with van der Waals surface area (Å²) >= 11 is 0. The van der Waals surface area contributed by atoms with Crippen LogP contribution in [0.15, 0.2) is 9.98 Å². The first-order valence-corrected chi connectivity index (χ1v) is 15.5. The Kier molecular flexibility index (Phi) is 18.6. The van der Waals surface area contributed by atoms with Crippen LogP contribution < -0.4 is 56.1 Å². The van der Waals surface area contributed by atoms with E-state index in [-0.39, 0.29) is 56.7 Å². The molecule has 0 radical (unpaired) electrons. The second-order valence-electron chi connectivity index (χ2n) is 11.1. The van der Waals surface area contributed by atoms with Gasteiger partial charge in [-0.05, 0) is 70.8 Å². The Labute approximate surface area is 268 Å². The molecule has 1 heterocycles. The number of unbranched alkanes of at least 4 members (excludes halogenated alkanes) is 1. The first kappa shape index (κ1) is 39.8. The van der Waals surface area contributed by atoms with Crippen molar-refractivity contribution in [2.24, 2.45) is 50.1 Å². The van der Waals surface area contributed by atoms with Gasteiger partial charge in [0.1, 0.15) is 18.1 Å². The smallest absolute Gasteiger partial charge is 0.326 e.